The predicted octanol–water partition coefficient (Wildman–Crippen LogP) is 3.02. The van der Waals surface area contributed by atoms with Crippen molar-refractivity contribution in [1.82, 2.24) is 4.98 Å². The molecule has 14 heavy (non-hydrogen) atoms. The molecule has 0 unspecified atom stereocenters. The summed E-state index contributed by atoms with van der Waals surface area (Å²) in [6, 6.07) is 0. The maximum Gasteiger partial charge on any atom is 0.118 e. The van der Waals surface area contributed by atoms with E-state index in [1.807, 2.05) is 19.2 Å². The summed E-state index contributed by atoms with van der Waals surface area (Å²) in [5, 5.41) is 2.86. The van der Waals surface area contributed by atoms with Crippen LogP contribution in [-0.2, 0) is 15.9 Å². The summed E-state index contributed by atoms with van der Waals surface area (Å²) in [7, 11) is -2.04. The van der Waals surface area contributed by atoms with Crippen LogP contribution in [0.1, 0.15) is 18.9 Å². The molecule has 1 aromatic rings. The molecule has 0 saturated carbocycles. The minimum absolute atomic E-state index is 0.388. The monoisotopic (exact) mass is 233 g/mol. The average molecular weight is 233 g/mol. The molecule has 0 saturated heterocycles. The number of hydrogen-bond donors (Lipinski definition) is 0. The minimum Gasteiger partial charge on any atom is -0.367 e. The molecule has 0 aliphatic rings. The highest BCUT2D eigenvalue weighted by Crippen LogP contribution is 2.44. The second-order valence-corrected chi connectivity index (χ2v) is 7.71. The molecule has 0 atom stereocenters. The van der Waals surface area contributed by atoms with Gasteiger partial charge in [-0.2, -0.15) is 0 Å². The van der Waals surface area contributed by atoms with Crippen LogP contribution in [-0.4, -0.2) is 23.7 Å². The summed E-state index contributed by atoms with van der Waals surface area (Å²) in [5.41, 5.74) is 0. The van der Waals surface area contributed by atoms with Gasteiger partial charge >= 0.3 is 0 Å². The van der Waals surface area contributed by atoms with Crippen molar-refractivity contribution in [2.24, 2.45) is 0 Å². The second-order valence-electron chi connectivity index (χ2n) is 3.09. The molecule has 0 N–H and O–H groups in total. The van der Waals surface area contributed by atoms with Crippen LogP contribution in [0.4, 0.5) is 0 Å². The van der Waals surface area contributed by atoms with Gasteiger partial charge in [0.1, 0.15) is 18.5 Å². The normalized spacial score (nSPS) is 11.9. The van der Waals surface area contributed by atoms with Crippen LogP contribution in [0.5, 0.6) is 0 Å². The van der Waals surface area contributed by atoms with E-state index in [9.17, 15) is 4.57 Å². The molecule has 3 nitrogen and oxygen atoms in total. The Bertz CT molecular complexity index is 292. The summed E-state index contributed by atoms with van der Waals surface area (Å²) < 4.78 is 17.3. The molecular weight excluding hydrogens is 217 g/mol. The Morgan fingerprint density at radius 2 is 2.21 bits per heavy atom. The first-order valence-corrected chi connectivity index (χ1v) is 7.87. The van der Waals surface area contributed by atoms with E-state index in [1.165, 1.54) is 0 Å². The van der Waals surface area contributed by atoms with Gasteiger partial charge < -0.3 is 9.30 Å². The molecule has 1 rings (SSSR count). The van der Waals surface area contributed by atoms with E-state index in [2.05, 4.69) is 4.98 Å². The topological polar surface area (TPSA) is 39.2 Å². The third-order valence-corrected chi connectivity index (χ3v) is 5.90. The molecule has 0 aromatic carbocycles. The van der Waals surface area contributed by atoms with Gasteiger partial charge in [0.05, 0.1) is 6.61 Å². The Labute approximate surface area is 88.9 Å². The number of thiazole rings is 1. The lowest BCUT2D eigenvalue weighted by Gasteiger charge is -2.13. The fourth-order valence-electron chi connectivity index (χ4n) is 1.03. The average Bonchev–Trinajstić information content (AvgIpc) is 2.70. The lowest BCUT2D eigenvalue weighted by atomic mass is 10.7. The van der Waals surface area contributed by atoms with Crippen LogP contribution in [0, 0.1) is 0 Å². The van der Waals surface area contributed by atoms with Gasteiger partial charge in [-0.3, -0.25) is 0 Å². The maximum atomic E-state index is 11.9. The van der Waals surface area contributed by atoms with Crippen molar-refractivity contribution in [3.63, 3.8) is 0 Å². The summed E-state index contributed by atoms with van der Waals surface area (Å²) in [4.78, 5) is 4.09. The van der Waals surface area contributed by atoms with E-state index in [4.69, 9.17) is 4.74 Å². The Hall–Kier alpha value is -0.180. The first-order chi connectivity index (χ1) is 6.70. The molecule has 80 valence electrons. The summed E-state index contributed by atoms with van der Waals surface area (Å²) >= 11 is 1.56. The Morgan fingerprint density at radius 1 is 1.50 bits per heavy atom. The number of ether oxygens (including phenoxy) is 1. The number of hydrogen-bond acceptors (Lipinski definition) is 4. The minimum atomic E-state index is -2.04. The zero-order valence-electron chi connectivity index (χ0n) is 8.60. The van der Waals surface area contributed by atoms with Crippen LogP contribution < -0.4 is 0 Å². The van der Waals surface area contributed by atoms with Crippen molar-refractivity contribution in [2.75, 3.05) is 18.7 Å². The first-order valence-electron chi connectivity index (χ1n) is 4.73. The van der Waals surface area contributed by atoms with Gasteiger partial charge in [-0.25, -0.2) is 4.98 Å². The highest BCUT2D eigenvalue weighted by molar-refractivity contribution is 7.63. The Balaban J connectivity index is 2.30. The van der Waals surface area contributed by atoms with Crippen LogP contribution in [0.25, 0.3) is 0 Å². The standard InChI is InChI=1S/C9H16NO2PS/c1-3-13(11,4-2)8-12-7-9-10-5-6-14-9/h5-6H,3-4,7-8H2,1-2H3. The lowest BCUT2D eigenvalue weighted by Crippen LogP contribution is -2.00. The largest absolute Gasteiger partial charge is 0.367 e. The SMILES string of the molecule is CCP(=O)(CC)COCc1nccs1. The zero-order valence-corrected chi connectivity index (χ0v) is 10.3. The third-order valence-electron chi connectivity index (χ3n) is 2.19. The molecule has 1 heterocycles. The zero-order chi connectivity index (χ0) is 10.4. The van der Waals surface area contributed by atoms with Gasteiger partial charge in [-0.1, -0.05) is 13.8 Å². The predicted molar refractivity (Wildman–Crippen MR) is 60.5 cm³/mol. The third kappa shape index (κ3) is 3.52. The quantitative estimate of drug-likeness (QED) is 0.709. The van der Waals surface area contributed by atoms with Gasteiger partial charge in [0.25, 0.3) is 0 Å². The van der Waals surface area contributed by atoms with Gasteiger partial charge in [-0.05, 0) is 0 Å². The number of rotatable bonds is 6. The molecular formula is C9H16NO2PS. The van der Waals surface area contributed by atoms with Crippen LogP contribution in [0.2, 0.25) is 0 Å². The molecule has 0 fully saturated rings. The van der Waals surface area contributed by atoms with Crippen molar-refractivity contribution in [2.45, 2.75) is 20.5 Å². The molecule has 5 heteroatoms. The van der Waals surface area contributed by atoms with E-state index in [0.29, 0.717) is 13.0 Å². The summed E-state index contributed by atoms with van der Waals surface area (Å²) in [5.74, 6) is 0. The second kappa shape index (κ2) is 5.64. The smallest absolute Gasteiger partial charge is 0.118 e. The Kier molecular flexibility index (Phi) is 4.79. The van der Waals surface area contributed by atoms with Crippen molar-refractivity contribution >= 4 is 18.5 Å². The molecule has 1 aromatic heterocycles. The fourth-order valence-corrected chi connectivity index (χ4v) is 2.82. The number of aromatic nitrogens is 1. The van der Waals surface area contributed by atoms with E-state index in [0.717, 1.165) is 17.3 Å². The summed E-state index contributed by atoms with van der Waals surface area (Å²) in [6.45, 7) is 4.40. The van der Waals surface area contributed by atoms with Gasteiger partial charge in [0.2, 0.25) is 0 Å². The lowest BCUT2D eigenvalue weighted by molar-refractivity contribution is 0.162. The molecule has 0 aliphatic heterocycles. The van der Waals surface area contributed by atoms with Gasteiger partial charge in [-0.15, -0.1) is 11.3 Å². The van der Waals surface area contributed by atoms with Crippen molar-refractivity contribution in [3.8, 4) is 0 Å². The first kappa shape index (κ1) is 11.9. The fraction of sp³-hybridized carbons (Fsp3) is 0.667. The van der Waals surface area contributed by atoms with Gasteiger partial charge in [0, 0.05) is 23.9 Å². The van der Waals surface area contributed by atoms with Crippen molar-refractivity contribution < 1.29 is 9.30 Å². The molecule has 0 amide bonds. The molecule has 0 bridgehead atoms. The molecule has 0 spiro atoms. The summed E-state index contributed by atoms with van der Waals surface area (Å²) in [6.07, 6.45) is 3.59. The van der Waals surface area contributed by atoms with E-state index in [-0.39, 0.29) is 0 Å². The molecule has 0 aliphatic carbocycles. The van der Waals surface area contributed by atoms with E-state index < -0.39 is 7.14 Å². The van der Waals surface area contributed by atoms with Crippen molar-refractivity contribution in [1.29, 1.82) is 0 Å². The van der Waals surface area contributed by atoms with Crippen LogP contribution in [0.3, 0.4) is 0 Å². The molecule has 0 radical (unpaired) electrons. The van der Waals surface area contributed by atoms with Crippen LogP contribution in [0.15, 0.2) is 11.6 Å². The highest BCUT2D eigenvalue weighted by atomic mass is 32.1. The maximum absolute atomic E-state index is 11.9. The van der Waals surface area contributed by atoms with E-state index in [1.54, 1.807) is 17.5 Å². The van der Waals surface area contributed by atoms with Crippen molar-refractivity contribution in [3.05, 3.63) is 16.6 Å². The van der Waals surface area contributed by atoms with Gasteiger partial charge in [0.15, 0.2) is 0 Å². The van der Waals surface area contributed by atoms with E-state index >= 15 is 0 Å². The highest BCUT2D eigenvalue weighted by Gasteiger charge is 2.16. The van der Waals surface area contributed by atoms with Crippen LogP contribution >= 0.6 is 18.5 Å². The Morgan fingerprint density at radius 3 is 2.71 bits per heavy atom. The number of nitrogens with zero attached hydrogens (tertiary/aromatic N) is 1.